The van der Waals surface area contributed by atoms with E-state index in [2.05, 4.69) is 10.3 Å². The van der Waals surface area contributed by atoms with Gasteiger partial charge in [0.2, 0.25) is 5.91 Å². The Balaban J connectivity index is 1.93. The van der Waals surface area contributed by atoms with Crippen LogP contribution in [-0.4, -0.2) is 33.0 Å². The molecule has 33 heavy (non-hydrogen) atoms. The van der Waals surface area contributed by atoms with E-state index in [1.54, 1.807) is 0 Å². The van der Waals surface area contributed by atoms with Crippen molar-refractivity contribution in [1.82, 2.24) is 4.98 Å². The fraction of sp³-hybridized carbons (Fsp3) is 0.143. The van der Waals surface area contributed by atoms with E-state index in [4.69, 9.17) is 16.3 Å². The number of aromatic nitrogens is 1. The number of nitrogens with zero attached hydrogens (tertiary/aromatic N) is 2. The van der Waals surface area contributed by atoms with Gasteiger partial charge in [0.15, 0.2) is 0 Å². The number of pyridine rings is 1. The van der Waals surface area contributed by atoms with E-state index in [9.17, 15) is 26.4 Å². The van der Waals surface area contributed by atoms with Crippen LogP contribution in [0.3, 0.4) is 0 Å². The van der Waals surface area contributed by atoms with Crippen LogP contribution in [0.4, 0.5) is 24.5 Å². The molecule has 174 valence electrons. The van der Waals surface area contributed by atoms with Crippen molar-refractivity contribution in [3.63, 3.8) is 0 Å². The van der Waals surface area contributed by atoms with E-state index in [1.807, 2.05) is 0 Å². The first-order valence-corrected chi connectivity index (χ1v) is 11.1. The second-order valence-corrected chi connectivity index (χ2v) is 8.91. The number of anilines is 2. The second-order valence-electron chi connectivity index (χ2n) is 6.64. The number of rotatable bonds is 7. The molecule has 2 aromatic carbocycles. The van der Waals surface area contributed by atoms with Crippen molar-refractivity contribution >= 4 is 38.9 Å². The van der Waals surface area contributed by atoms with Gasteiger partial charge in [-0.1, -0.05) is 11.6 Å². The maximum absolute atomic E-state index is 13.2. The molecule has 0 saturated carbocycles. The molecule has 0 aliphatic heterocycles. The first-order chi connectivity index (χ1) is 15.5. The number of amides is 1. The highest BCUT2D eigenvalue weighted by atomic mass is 35.5. The highest BCUT2D eigenvalue weighted by Crippen LogP contribution is 2.36. The molecule has 0 aliphatic carbocycles. The summed E-state index contributed by atoms with van der Waals surface area (Å²) in [5, 5.41) is 1.76. The molecule has 1 N–H and O–H groups in total. The molecule has 0 atom stereocenters. The highest BCUT2D eigenvalue weighted by molar-refractivity contribution is 7.92. The monoisotopic (exact) mass is 499 g/mol. The minimum Gasteiger partial charge on any atom is -0.497 e. The van der Waals surface area contributed by atoms with E-state index in [0.717, 1.165) is 16.6 Å². The van der Waals surface area contributed by atoms with Gasteiger partial charge in [-0.15, -0.1) is 0 Å². The quantitative estimate of drug-likeness (QED) is 0.513. The molecule has 0 saturated heterocycles. The summed E-state index contributed by atoms with van der Waals surface area (Å²) in [4.78, 5) is 16.3. The summed E-state index contributed by atoms with van der Waals surface area (Å²) in [5.41, 5.74) is -1.18. The largest absolute Gasteiger partial charge is 0.497 e. The van der Waals surface area contributed by atoms with E-state index in [0.29, 0.717) is 11.8 Å². The molecular weight excluding hydrogens is 483 g/mol. The number of methoxy groups -OCH3 is 1. The van der Waals surface area contributed by atoms with E-state index < -0.39 is 39.2 Å². The Hall–Kier alpha value is -3.31. The lowest BCUT2D eigenvalue weighted by Crippen LogP contribution is -2.38. The Labute approximate surface area is 192 Å². The zero-order valence-corrected chi connectivity index (χ0v) is 18.6. The fourth-order valence-electron chi connectivity index (χ4n) is 2.84. The van der Waals surface area contributed by atoms with Gasteiger partial charge in [0.25, 0.3) is 10.0 Å². The zero-order chi connectivity index (χ0) is 24.2. The van der Waals surface area contributed by atoms with E-state index in [1.165, 1.54) is 55.8 Å². The second kappa shape index (κ2) is 9.67. The first-order valence-electron chi connectivity index (χ1n) is 9.26. The van der Waals surface area contributed by atoms with Crippen molar-refractivity contribution in [3.05, 3.63) is 77.6 Å². The van der Waals surface area contributed by atoms with Crippen LogP contribution in [0.15, 0.2) is 71.9 Å². The molecule has 0 radical (unpaired) electrons. The molecule has 1 amide bonds. The van der Waals surface area contributed by atoms with Gasteiger partial charge in [-0.25, -0.2) is 8.42 Å². The molecular formula is C21H17ClF3N3O4S. The standard InChI is InChI=1S/C21H17ClF3N3O4S/c1-32-16-7-5-15(6-8-16)28(33(30,31)17-3-2-10-26-12-17)13-20(29)27-14-4-9-19(22)18(11-14)21(23,24)25/h2-12H,13H2,1H3,(H,27,29). The molecule has 1 heterocycles. The number of nitrogens with one attached hydrogen (secondary N) is 1. The molecule has 3 rings (SSSR count). The van der Waals surface area contributed by atoms with Crippen LogP contribution in [0.2, 0.25) is 5.02 Å². The van der Waals surface area contributed by atoms with Gasteiger partial charge in [-0.05, 0) is 54.6 Å². The van der Waals surface area contributed by atoms with Crippen molar-refractivity contribution in [1.29, 1.82) is 0 Å². The van der Waals surface area contributed by atoms with Gasteiger partial charge in [-0.3, -0.25) is 14.1 Å². The van der Waals surface area contributed by atoms with E-state index in [-0.39, 0.29) is 16.3 Å². The SMILES string of the molecule is COc1ccc(N(CC(=O)Nc2ccc(Cl)c(C(F)(F)F)c2)S(=O)(=O)c2cccnc2)cc1. The van der Waals surface area contributed by atoms with Crippen LogP contribution in [0, 0.1) is 0 Å². The molecule has 3 aromatic rings. The molecule has 12 heteroatoms. The van der Waals surface area contributed by atoms with Crippen LogP contribution < -0.4 is 14.4 Å². The van der Waals surface area contributed by atoms with Crippen LogP contribution in [-0.2, 0) is 21.0 Å². The van der Waals surface area contributed by atoms with Crippen molar-refractivity contribution in [2.75, 3.05) is 23.3 Å². The summed E-state index contributed by atoms with van der Waals surface area (Å²) >= 11 is 5.60. The molecule has 7 nitrogen and oxygen atoms in total. The molecule has 0 bridgehead atoms. The Bertz CT molecular complexity index is 1240. The van der Waals surface area contributed by atoms with Crippen LogP contribution in [0.1, 0.15) is 5.56 Å². The minimum atomic E-state index is -4.73. The lowest BCUT2D eigenvalue weighted by molar-refractivity contribution is -0.137. The predicted molar refractivity (Wildman–Crippen MR) is 117 cm³/mol. The smallest absolute Gasteiger partial charge is 0.417 e. The summed E-state index contributed by atoms with van der Waals surface area (Å²) in [5.74, 6) is -0.406. The molecule has 0 unspecified atom stereocenters. The van der Waals surface area contributed by atoms with Crippen LogP contribution >= 0.6 is 11.6 Å². The van der Waals surface area contributed by atoms with Crippen LogP contribution in [0.5, 0.6) is 5.75 Å². The Morgan fingerprint density at radius 1 is 1.15 bits per heavy atom. The maximum Gasteiger partial charge on any atom is 0.417 e. The summed E-state index contributed by atoms with van der Waals surface area (Å²) < 4.78 is 71.6. The minimum absolute atomic E-state index is 0.141. The molecule has 0 aliphatic rings. The molecule has 1 aromatic heterocycles. The number of sulfonamides is 1. The number of benzene rings is 2. The third-order valence-corrected chi connectivity index (χ3v) is 6.51. The maximum atomic E-state index is 13.2. The highest BCUT2D eigenvalue weighted by Gasteiger charge is 2.34. The van der Waals surface area contributed by atoms with Gasteiger partial charge in [0.1, 0.15) is 17.2 Å². The Morgan fingerprint density at radius 2 is 1.85 bits per heavy atom. The third kappa shape index (κ3) is 5.74. The fourth-order valence-corrected chi connectivity index (χ4v) is 4.45. The summed E-state index contributed by atoms with van der Waals surface area (Å²) in [6.07, 6.45) is -2.21. The van der Waals surface area contributed by atoms with Gasteiger partial charge in [-0.2, -0.15) is 13.2 Å². The summed E-state index contributed by atoms with van der Waals surface area (Å²) in [6, 6.07) is 11.5. The number of carbonyl (C=O) groups is 1. The number of halogens is 4. The predicted octanol–water partition coefficient (Wildman–Crippen LogP) is 4.60. The van der Waals surface area contributed by atoms with Gasteiger partial charge in [0.05, 0.1) is 23.4 Å². The summed E-state index contributed by atoms with van der Waals surface area (Å²) in [7, 11) is -2.79. The van der Waals surface area contributed by atoms with E-state index >= 15 is 0 Å². The van der Waals surface area contributed by atoms with Gasteiger partial charge in [0, 0.05) is 18.1 Å². The number of hydrogen-bond donors (Lipinski definition) is 1. The lowest BCUT2D eigenvalue weighted by atomic mass is 10.2. The number of carbonyl (C=O) groups excluding carboxylic acids is 1. The van der Waals surface area contributed by atoms with Gasteiger partial charge >= 0.3 is 6.18 Å². The average Bonchev–Trinajstić information content (AvgIpc) is 2.78. The number of ether oxygens (including phenoxy) is 1. The van der Waals surface area contributed by atoms with Crippen molar-refractivity contribution in [2.45, 2.75) is 11.1 Å². The summed E-state index contributed by atoms with van der Waals surface area (Å²) in [6.45, 7) is -0.715. The number of hydrogen-bond acceptors (Lipinski definition) is 5. The third-order valence-electron chi connectivity index (χ3n) is 4.43. The van der Waals surface area contributed by atoms with Crippen molar-refractivity contribution in [3.8, 4) is 5.75 Å². The molecule has 0 fully saturated rings. The topological polar surface area (TPSA) is 88.6 Å². The zero-order valence-electron chi connectivity index (χ0n) is 17.0. The van der Waals surface area contributed by atoms with Crippen LogP contribution in [0.25, 0.3) is 0 Å². The Kier molecular flexibility index (Phi) is 7.13. The van der Waals surface area contributed by atoms with Crippen molar-refractivity contribution < 1.29 is 31.1 Å². The average molecular weight is 500 g/mol. The first kappa shape index (κ1) is 24.3. The number of alkyl halides is 3. The Morgan fingerprint density at radius 3 is 2.42 bits per heavy atom. The van der Waals surface area contributed by atoms with Crippen molar-refractivity contribution in [2.24, 2.45) is 0 Å². The lowest BCUT2D eigenvalue weighted by Gasteiger charge is -2.24. The molecule has 0 spiro atoms. The normalized spacial score (nSPS) is 11.7. The van der Waals surface area contributed by atoms with Gasteiger partial charge < -0.3 is 10.1 Å².